The molecule has 0 bridgehead atoms. The van der Waals surface area contributed by atoms with Crippen molar-refractivity contribution >= 4 is 11.6 Å². The maximum Gasteiger partial charge on any atom is 0.420 e. The van der Waals surface area contributed by atoms with Crippen LogP contribution in [0.1, 0.15) is 32.3 Å². The predicted octanol–water partition coefficient (Wildman–Crippen LogP) is 3.86. The third-order valence-corrected chi connectivity index (χ3v) is 4.01. The van der Waals surface area contributed by atoms with Gasteiger partial charge in [-0.1, -0.05) is 0 Å². The molecule has 1 amide bonds. The van der Waals surface area contributed by atoms with Gasteiger partial charge in [-0.3, -0.25) is 4.79 Å². The minimum absolute atomic E-state index is 0.0645. The van der Waals surface area contributed by atoms with E-state index in [0.29, 0.717) is 6.61 Å². The summed E-state index contributed by atoms with van der Waals surface area (Å²) in [4.78, 5) is 12.5. The molecule has 0 radical (unpaired) electrons. The highest BCUT2D eigenvalue weighted by atomic mass is 19.4. The lowest BCUT2D eigenvalue weighted by atomic mass is 9.98. The molecule has 1 saturated carbocycles. The molecule has 4 nitrogen and oxygen atoms in total. The van der Waals surface area contributed by atoms with E-state index in [1.807, 2.05) is 0 Å². The molecular formula is C16H20F3NO3. The van der Waals surface area contributed by atoms with Crippen LogP contribution in [0.5, 0.6) is 5.75 Å². The number of carbonyl (C=O) groups excluding carboxylic acids is 1. The molecule has 0 aromatic heterocycles. The topological polar surface area (TPSA) is 47.6 Å². The molecule has 1 aromatic carbocycles. The van der Waals surface area contributed by atoms with Crippen LogP contribution in [-0.2, 0) is 15.7 Å². The highest BCUT2D eigenvalue weighted by Gasteiger charge is 2.48. The molecule has 0 unspecified atom stereocenters. The molecule has 2 rings (SSSR count). The molecule has 1 aliphatic rings. The summed E-state index contributed by atoms with van der Waals surface area (Å²) in [6.45, 7) is 3.82. The van der Waals surface area contributed by atoms with E-state index in [4.69, 9.17) is 9.47 Å². The van der Waals surface area contributed by atoms with E-state index in [0.717, 1.165) is 18.9 Å². The molecule has 0 spiro atoms. The summed E-state index contributed by atoms with van der Waals surface area (Å²) in [5.74, 6) is -0.617. The number of ether oxygens (including phenoxy) is 2. The highest BCUT2D eigenvalue weighted by molar-refractivity contribution is 5.97. The van der Waals surface area contributed by atoms with Gasteiger partial charge in [-0.15, -0.1) is 0 Å². The SMILES string of the molecule is CCO[C@](C)(C(=O)Nc1ccc(OC)c(C(F)(F)F)c1)C1CC1. The van der Waals surface area contributed by atoms with E-state index >= 15 is 0 Å². The van der Waals surface area contributed by atoms with Gasteiger partial charge in [0, 0.05) is 12.3 Å². The first kappa shape index (κ1) is 17.6. The number of alkyl halides is 3. The van der Waals surface area contributed by atoms with Crippen molar-refractivity contribution in [3.63, 3.8) is 0 Å². The second kappa shape index (κ2) is 6.39. The number of carbonyl (C=O) groups is 1. The molecule has 7 heteroatoms. The van der Waals surface area contributed by atoms with Gasteiger partial charge in [0.25, 0.3) is 5.91 Å². The van der Waals surface area contributed by atoms with Gasteiger partial charge >= 0.3 is 6.18 Å². The molecule has 0 saturated heterocycles. The first-order valence-electron chi connectivity index (χ1n) is 7.43. The normalized spacial score (nSPS) is 17.5. The third-order valence-electron chi connectivity index (χ3n) is 4.01. The number of nitrogens with one attached hydrogen (secondary N) is 1. The molecule has 23 heavy (non-hydrogen) atoms. The van der Waals surface area contributed by atoms with Crippen LogP contribution in [0.25, 0.3) is 0 Å². The van der Waals surface area contributed by atoms with Crippen molar-refractivity contribution in [2.75, 3.05) is 19.0 Å². The number of hydrogen-bond donors (Lipinski definition) is 1. The van der Waals surface area contributed by atoms with Crippen molar-refractivity contribution in [2.45, 2.75) is 38.5 Å². The third kappa shape index (κ3) is 3.77. The first-order chi connectivity index (χ1) is 10.7. The van der Waals surface area contributed by atoms with E-state index < -0.39 is 23.2 Å². The van der Waals surface area contributed by atoms with Crippen LogP contribution < -0.4 is 10.1 Å². The average Bonchev–Trinajstić information content (AvgIpc) is 3.31. The Morgan fingerprint density at radius 2 is 2.00 bits per heavy atom. The van der Waals surface area contributed by atoms with Crippen molar-refractivity contribution in [3.8, 4) is 5.75 Å². The van der Waals surface area contributed by atoms with Gasteiger partial charge in [0.05, 0.1) is 12.7 Å². The van der Waals surface area contributed by atoms with E-state index in [2.05, 4.69) is 5.32 Å². The fourth-order valence-electron chi connectivity index (χ4n) is 2.57. The second-order valence-corrected chi connectivity index (χ2v) is 5.68. The van der Waals surface area contributed by atoms with Crippen molar-refractivity contribution in [1.29, 1.82) is 0 Å². The lowest BCUT2D eigenvalue weighted by Gasteiger charge is -2.28. The summed E-state index contributed by atoms with van der Waals surface area (Å²) in [5.41, 5.74) is -1.88. The van der Waals surface area contributed by atoms with Crippen molar-refractivity contribution in [2.24, 2.45) is 5.92 Å². The molecule has 1 atom stereocenters. The van der Waals surface area contributed by atoms with E-state index in [1.54, 1.807) is 13.8 Å². The smallest absolute Gasteiger partial charge is 0.420 e. The lowest BCUT2D eigenvalue weighted by Crippen LogP contribution is -2.44. The minimum Gasteiger partial charge on any atom is -0.496 e. The van der Waals surface area contributed by atoms with Gasteiger partial charge in [-0.25, -0.2) is 0 Å². The Bertz CT molecular complexity index is 584. The summed E-state index contributed by atoms with van der Waals surface area (Å²) >= 11 is 0. The number of anilines is 1. The van der Waals surface area contributed by atoms with Gasteiger partial charge in [-0.05, 0) is 50.8 Å². The number of rotatable bonds is 6. The van der Waals surface area contributed by atoms with Gasteiger partial charge in [0.15, 0.2) is 0 Å². The molecular weight excluding hydrogens is 311 g/mol. The van der Waals surface area contributed by atoms with Crippen LogP contribution in [0, 0.1) is 5.92 Å². The quantitative estimate of drug-likeness (QED) is 0.861. The Kier molecular flexibility index (Phi) is 4.89. The monoisotopic (exact) mass is 331 g/mol. The van der Waals surface area contributed by atoms with Gasteiger partial charge in [0.2, 0.25) is 0 Å². The summed E-state index contributed by atoms with van der Waals surface area (Å²) < 4.78 is 49.4. The number of amides is 1. The van der Waals surface area contributed by atoms with Gasteiger partial charge < -0.3 is 14.8 Å². The van der Waals surface area contributed by atoms with E-state index in [-0.39, 0.29) is 17.4 Å². The largest absolute Gasteiger partial charge is 0.496 e. The Balaban J connectivity index is 2.24. The van der Waals surface area contributed by atoms with Crippen LogP contribution in [-0.4, -0.2) is 25.2 Å². The first-order valence-corrected chi connectivity index (χ1v) is 7.43. The zero-order valence-electron chi connectivity index (χ0n) is 13.3. The molecule has 1 fully saturated rings. The van der Waals surface area contributed by atoms with Crippen LogP contribution in [0.3, 0.4) is 0 Å². The van der Waals surface area contributed by atoms with Crippen LogP contribution >= 0.6 is 0 Å². The Labute approximate surface area is 133 Å². The fraction of sp³-hybridized carbons (Fsp3) is 0.562. The molecule has 0 aliphatic heterocycles. The van der Waals surface area contributed by atoms with Gasteiger partial charge in [0.1, 0.15) is 11.4 Å². The average molecular weight is 331 g/mol. The van der Waals surface area contributed by atoms with Crippen molar-refractivity contribution in [3.05, 3.63) is 23.8 Å². The molecule has 1 aliphatic carbocycles. The standard InChI is InChI=1S/C16H20F3NO3/c1-4-23-15(2,10-5-6-10)14(21)20-11-7-8-13(22-3)12(9-11)16(17,18)19/h7-10H,4-6H2,1-3H3,(H,20,21)/t15-/m0/s1. The maximum absolute atomic E-state index is 13.0. The summed E-state index contributed by atoms with van der Waals surface area (Å²) in [6, 6.07) is 3.44. The molecule has 1 N–H and O–H groups in total. The number of methoxy groups -OCH3 is 1. The fourth-order valence-corrected chi connectivity index (χ4v) is 2.57. The van der Waals surface area contributed by atoms with Crippen LogP contribution in [0.4, 0.5) is 18.9 Å². The Morgan fingerprint density at radius 3 is 2.48 bits per heavy atom. The Morgan fingerprint density at radius 1 is 1.35 bits per heavy atom. The number of hydrogen-bond acceptors (Lipinski definition) is 3. The lowest BCUT2D eigenvalue weighted by molar-refractivity contribution is -0.142. The maximum atomic E-state index is 13.0. The van der Waals surface area contributed by atoms with E-state index in [9.17, 15) is 18.0 Å². The highest BCUT2D eigenvalue weighted by Crippen LogP contribution is 2.43. The molecule has 128 valence electrons. The second-order valence-electron chi connectivity index (χ2n) is 5.68. The predicted molar refractivity (Wildman–Crippen MR) is 79.4 cm³/mol. The molecule has 0 heterocycles. The Hall–Kier alpha value is -1.76. The zero-order chi connectivity index (χ0) is 17.3. The van der Waals surface area contributed by atoms with Crippen LogP contribution in [0.15, 0.2) is 18.2 Å². The summed E-state index contributed by atoms with van der Waals surface area (Å²) in [6.07, 6.45) is -2.81. The van der Waals surface area contributed by atoms with Crippen molar-refractivity contribution < 1.29 is 27.4 Å². The van der Waals surface area contributed by atoms with Gasteiger partial charge in [-0.2, -0.15) is 13.2 Å². The summed E-state index contributed by atoms with van der Waals surface area (Å²) in [7, 11) is 1.17. The molecule has 1 aromatic rings. The zero-order valence-corrected chi connectivity index (χ0v) is 13.3. The number of halogens is 3. The number of benzene rings is 1. The summed E-state index contributed by atoms with van der Waals surface area (Å²) in [5, 5.41) is 2.53. The minimum atomic E-state index is -4.56. The van der Waals surface area contributed by atoms with E-state index in [1.165, 1.54) is 19.2 Å². The van der Waals surface area contributed by atoms with Crippen LogP contribution in [0.2, 0.25) is 0 Å². The van der Waals surface area contributed by atoms with Crippen molar-refractivity contribution in [1.82, 2.24) is 0 Å².